The Balaban J connectivity index is 4.14. The van der Waals surface area contributed by atoms with Gasteiger partial charge < -0.3 is 10.3 Å². The molecule has 0 saturated heterocycles. The third kappa shape index (κ3) is 5.38. The zero-order valence-corrected chi connectivity index (χ0v) is 11.9. The highest BCUT2D eigenvalue weighted by molar-refractivity contribution is 5.79. The first-order valence-electron chi connectivity index (χ1n) is 6.40. The molecule has 0 fully saturated rings. The Morgan fingerprint density at radius 3 is 2.38 bits per heavy atom. The standard InChI is InChI=1S/C13H29N3/c1-7-8-9-10-11-13(3,4)16(6)12(2)15-14-5/h14H,7-11H2,1-6H3/b15-12+. The summed E-state index contributed by atoms with van der Waals surface area (Å²) in [5.41, 5.74) is 3.04. The third-order valence-electron chi connectivity index (χ3n) is 3.31. The lowest BCUT2D eigenvalue weighted by atomic mass is 9.94. The number of hydrogen-bond donors (Lipinski definition) is 1. The Morgan fingerprint density at radius 2 is 1.88 bits per heavy atom. The van der Waals surface area contributed by atoms with Crippen molar-refractivity contribution in [3.8, 4) is 0 Å². The van der Waals surface area contributed by atoms with Crippen molar-refractivity contribution in [1.29, 1.82) is 0 Å². The van der Waals surface area contributed by atoms with Crippen molar-refractivity contribution in [2.24, 2.45) is 5.10 Å². The molecular weight excluding hydrogens is 198 g/mol. The number of hydrazone groups is 1. The Morgan fingerprint density at radius 1 is 1.25 bits per heavy atom. The highest BCUT2D eigenvalue weighted by Crippen LogP contribution is 2.21. The van der Waals surface area contributed by atoms with Gasteiger partial charge in [0.05, 0.1) is 0 Å². The van der Waals surface area contributed by atoms with Gasteiger partial charge in [-0.25, -0.2) is 0 Å². The molecule has 0 amide bonds. The largest absolute Gasteiger partial charge is 0.357 e. The van der Waals surface area contributed by atoms with Gasteiger partial charge in [-0.15, -0.1) is 0 Å². The lowest BCUT2D eigenvalue weighted by Gasteiger charge is -2.37. The van der Waals surface area contributed by atoms with Gasteiger partial charge in [0.25, 0.3) is 0 Å². The van der Waals surface area contributed by atoms with Crippen LogP contribution in [0, 0.1) is 0 Å². The molecule has 0 rings (SSSR count). The lowest BCUT2D eigenvalue weighted by Crippen LogP contribution is -2.44. The molecule has 0 aromatic heterocycles. The summed E-state index contributed by atoms with van der Waals surface area (Å²) in [5, 5.41) is 4.23. The van der Waals surface area contributed by atoms with Crippen molar-refractivity contribution in [2.45, 2.75) is 65.3 Å². The minimum absolute atomic E-state index is 0.193. The second-order valence-electron chi connectivity index (χ2n) is 5.06. The quantitative estimate of drug-likeness (QED) is 0.313. The SMILES string of the molecule is CCCCCCC(C)(C)N(C)/C(C)=N/NC. The van der Waals surface area contributed by atoms with Gasteiger partial charge in [0.15, 0.2) is 0 Å². The summed E-state index contributed by atoms with van der Waals surface area (Å²) in [4.78, 5) is 2.26. The highest BCUT2D eigenvalue weighted by Gasteiger charge is 2.23. The molecule has 0 aromatic rings. The fourth-order valence-corrected chi connectivity index (χ4v) is 1.83. The van der Waals surface area contributed by atoms with Crippen LogP contribution >= 0.6 is 0 Å². The van der Waals surface area contributed by atoms with Crippen LogP contribution in [0.15, 0.2) is 5.10 Å². The van der Waals surface area contributed by atoms with E-state index in [0.717, 1.165) is 5.84 Å². The Labute approximate surface area is 101 Å². The molecule has 0 radical (unpaired) electrons. The van der Waals surface area contributed by atoms with Crippen LogP contribution in [0.5, 0.6) is 0 Å². The lowest BCUT2D eigenvalue weighted by molar-refractivity contribution is 0.228. The van der Waals surface area contributed by atoms with Crippen molar-refractivity contribution in [1.82, 2.24) is 10.3 Å². The van der Waals surface area contributed by atoms with Gasteiger partial charge in [-0.05, 0) is 27.2 Å². The van der Waals surface area contributed by atoms with Crippen molar-refractivity contribution < 1.29 is 0 Å². The molecule has 0 unspecified atom stereocenters. The van der Waals surface area contributed by atoms with Crippen LogP contribution in [0.25, 0.3) is 0 Å². The minimum Gasteiger partial charge on any atom is -0.357 e. The van der Waals surface area contributed by atoms with Crippen LogP contribution in [-0.4, -0.2) is 30.4 Å². The van der Waals surface area contributed by atoms with Crippen molar-refractivity contribution >= 4 is 5.84 Å². The first-order chi connectivity index (χ1) is 7.45. The normalized spacial score (nSPS) is 12.8. The van der Waals surface area contributed by atoms with Gasteiger partial charge in [-0.3, -0.25) is 0 Å². The van der Waals surface area contributed by atoms with E-state index in [0.29, 0.717) is 0 Å². The van der Waals surface area contributed by atoms with Crippen LogP contribution in [0.3, 0.4) is 0 Å². The van der Waals surface area contributed by atoms with E-state index >= 15 is 0 Å². The Bertz CT molecular complexity index is 209. The Kier molecular flexibility index (Phi) is 7.18. The van der Waals surface area contributed by atoms with Gasteiger partial charge in [0, 0.05) is 19.6 Å². The van der Waals surface area contributed by atoms with E-state index in [1.807, 2.05) is 14.0 Å². The number of nitrogens with one attached hydrogen (secondary N) is 1. The number of hydrogen-bond acceptors (Lipinski definition) is 2. The second-order valence-corrected chi connectivity index (χ2v) is 5.06. The topological polar surface area (TPSA) is 27.6 Å². The summed E-state index contributed by atoms with van der Waals surface area (Å²) >= 11 is 0. The maximum absolute atomic E-state index is 4.23. The molecule has 0 atom stereocenters. The summed E-state index contributed by atoms with van der Waals surface area (Å²) in [7, 11) is 3.96. The van der Waals surface area contributed by atoms with Crippen molar-refractivity contribution in [3.05, 3.63) is 0 Å². The van der Waals surface area contributed by atoms with Gasteiger partial charge in [-0.2, -0.15) is 5.10 Å². The number of unbranched alkanes of at least 4 members (excludes halogenated alkanes) is 3. The molecular formula is C13H29N3. The Hall–Kier alpha value is -0.730. The highest BCUT2D eigenvalue weighted by atomic mass is 15.3. The zero-order valence-electron chi connectivity index (χ0n) is 11.9. The van der Waals surface area contributed by atoms with Gasteiger partial charge >= 0.3 is 0 Å². The van der Waals surface area contributed by atoms with Crippen LogP contribution in [0.4, 0.5) is 0 Å². The average molecular weight is 227 g/mol. The van der Waals surface area contributed by atoms with E-state index in [4.69, 9.17) is 0 Å². The summed E-state index contributed by atoms with van der Waals surface area (Å²) in [6.07, 6.45) is 6.52. The van der Waals surface area contributed by atoms with Gasteiger partial charge in [0.2, 0.25) is 0 Å². The van der Waals surface area contributed by atoms with E-state index in [-0.39, 0.29) is 5.54 Å². The van der Waals surface area contributed by atoms with Gasteiger partial charge in [0.1, 0.15) is 5.84 Å². The summed E-state index contributed by atoms with van der Waals surface area (Å²) in [6, 6.07) is 0. The molecule has 3 heteroatoms. The second kappa shape index (κ2) is 7.53. The molecule has 0 bridgehead atoms. The monoisotopic (exact) mass is 227 g/mol. The van der Waals surface area contributed by atoms with E-state index in [2.05, 4.69) is 43.2 Å². The summed E-state index contributed by atoms with van der Waals surface area (Å²) in [5.74, 6) is 1.04. The molecule has 0 heterocycles. The average Bonchev–Trinajstić information content (AvgIpc) is 2.23. The van der Waals surface area contributed by atoms with Gasteiger partial charge in [-0.1, -0.05) is 32.6 Å². The molecule has 0 aliphatic rings. The maximum Gasteiger partial charge on any atom is 0.121 e. The first kappa shape index (κ1) is 15.3. The smallest absolute Gasteiger partial charge is 0.121 e. The molecule has 1 N–H and O–H groups in total. The summed E-state index contributed by atoms with van der Waals surface area (Å²) < 4.78 is 0. The molecule has 0 spiro atoms. The zero-order chi connectivity index (χ0) is 12.6. The molecule has 96 valence electrons. The van der Waals surface area contributed by atoms with Crippen molar-refractivity contribution in [3.63, 3.8) is 0 Å². The molecule has 0 saturated carbocycles. The predicted molar refractivity (Wildman–Crippen MR) is 72.8 cm³/mol. The fourth-order valence-electron chi connectivity index (χ4n) is 1.83. The summed E-state index contributed by atoms with van der Waals surface area (Å²) in [6.45, 7) is 8.87. The molecule has 0 aromatic carbocycles. The third-order valence-corrected chi connectivity index (χ3v) is 3.31. The van der Waals surface area contributed by atoms with Crippen molar-refractivity contribution in [2.75, 3.05) is 14.1 Å². The minimum atomic E-state index is 0.193. The van der Waals surface area contributed by atoms with Crippen LogP contribution < -0.4 is 5.43 Å². The predicted octanol–water partition coefficient (Wildman–Crippen LogP) is 3.22. The van der Waals surface area contributed by atoms with Crippen LogP contribution in [0.2, 0.25) is 0 Å². The van der Waals surface area contributed by atoms with E-state index in [9.17, 15) is 0 Å². The number of amidine groups is 1. The fraction of sp³-hybridized carbons (Fsp3) is 0.923. The van der Waals surface area contributed by atoms with Crippen LogP contribution in [-0.2, 0) is 0 Å². The molecule has 0 aliphatic carbocycles. The molecule has 16 heavy (non-hydrogen) atoms. The number of rotatable bonds is 7. The molecule has 0 aliphatic heterocycles. The number of nitrogens with zero attached hydrogens (tertiary/aromatic N) is 2. The van der Waals surface area contributed by atoms with E-state index < -0.39 is 0 Å². The van der Waals surface area contributed by atoms with Crippen LogP contribution in [0.1, 0.15) is 59.8 Å². The molecule has 3 nitrogen and oxygen atoms in total. The first-order valence-corrected chi connectivity index (χ1v) is 6.40. The van der Waals surface area contributed by atoms with E-state index in [1.54, 1.807) is 0 Å². The maximum atomic E-state index is 4.23. The van der Waals surface area contributed by atoms with E-state index in [1.165, 1.54) is 32.1 Å².